The van der Waals surface area contributed by atoms with Gasteiger partial charge < -0.3 is 14.9 Å². The van der Waals surface area contributed by atoms with Crippen molar-refractivity contribution in [3.63, 3.8) is 0 Å². The van der Waals surface area contributed by atoms with Crippen LogP contribution in [0, 0.1) is 5.92 Å². The molecule has 24 heavy (non-hydrogen) atoms. The number of aliphatic hydroxyl groups excluding tert-OH is 1. The normalized spacial score (nSPS) is 19.9. The predicted octanol–water partition coefficient (Wildman–Crippen LogP) is 1.64. The average molecular weight is 338 g/mol. The van der Waals surface area contributed by atoms with Gasteiger partial charge in [-0.1, -0.05) is 25.9 Å². The molecule has 2 rings (SSSR count). The Bertz CT molecular complexity index is 542. The molecule has 1 fully saturated rings. The number of carbonyl (C=O) groups excluding carboxylic acids is 1. The summed E-state index contributed by atoms with van der Waals surface area (Å²) >= 11 is 0. The van der Waals surface area contributed by atoms with Gasteiger partial charge in [-0.05, 0) is 39.8 Å². The van der Waals surface area contributed by atoms with Crippen molar-refractivity contribution >= 4 is 5.91 Å². The standard InChI is InChI=1S/C17H30N4O3/c1-11(22)10-18-14(23)13-6-8-21(9-7-13)12(2)15-19-16(20-24-15)17(3,4)5/h11-13,22H,6-10H2,1-5H3,(H,18,23)/t11-,12+/m0/s1. The summed E-state index contributed by atoms with van der Waals surface area (Å²) in [5.41, 5.74) is -0.129. The van der Waals surface area contributed by atoms with E-state index in [1.807, 2.05) is 0 Å². The maximum absolute atomic E-state index is 12.1. The smallest absolute Gasteiger partial charge is 0.243 e. The van der Waals surface area contributed by atoms with E-state index in [1.165, 1.54) is 0 Å². The Morgan fingerprint density at radius 1 is 1.38 bits per heavy atom. The van der Waals surface area contributed by atoms with E-state index in [0.29, 0.717) is 12.4 Å². The van der Waals surface area contributed by atoms with Gasteiger partial charge in [0.1, 0.15) is 0 Å². The molecule has 0 unspecified atom stereocenters. The summed E-state index contributed by atoms with van der Waals surface area (Å²) in [7, 11) is 0. The van der Waals surface area contributed by atoms with Gasteiger partial charge in [-0.15, -0.1) is 0 Å². The van der Waals surface area contributed by atoms with Gasteiger partial charge >= 0.3 is 0 Å². The molecule has 0 aliphatic carbocycles. The lowest BCUT2D eigenvalue weighted by atomic mass is 9.94. The first kappa shape index (κ1) is 18.9. The van der Waals surface area contributed by atoms with Crippen molar-refractivity contribution in [3.05, 3.63) is 11.7 Å². The van der Waals surface area contributed by atoms with Crippen molar-refractivity contribution in [2.45, 2.75) is 65.0 Å². The summed E-state index contributed by atoms with van der Waals surface area (Å²) in [6.07, 6.45) is 1.09. The molecule has 0 radical (unpaired) electrons. The van der Waals surface area contributed by atoms with Crippen molar-refractivity contribution in [1.82, 2.24) is 20.4 Å². The molecule has 1 amide bonds. The number of hydrogen-bond donors (Lipinski definition) is 2. The van der Waals surface area contributed by atoms with Crippen LogP contribution in [0.25, 0.3) is 0 Å². The maximum atomic E-state index is 12.1. The third-order valence-electron chi connectivity index (χ3n) is 4.49. The first-order valence-electron chi connectivity index (χ1n) is 8.72. The molecule has 1 aromatic rings. The molecule has 7 heteroatoms. The van der Waals surface area contributed by atoms with E-state index in [1.54, 1.807) is 6.92 Å². The van der Waals surface area contributed by atoms with E-state index in [0.717, 1.165) is 31.8 Å². The fraction of sp³-hybridized carbons (Fsp3) is 0.824. The zero-order valence-electron chi connectivity index (χ0n) is 15.4. The molecule has 0 spiro atoms. The molecule has 7 nitrogen and oxygen atoms in total. The summed E-state index contributed by atoms with van der Waals surface area (Å²) in [5.74, 6) is 1.41. The largest absolute Gasteiger partial charge is 0.392 e. The molecular weight excluding hydrogens is 308 g/mol. The first-order valence-corrected chi connectivity index (χ1v) is 8.72. The van der Waals surface area contributed by atoms with Crippen molar-refractivity contribution in [2.75, 3.05) is 19.6 Å². The fourth-order valence-electron chi connectivity index (χ4n) is 2.81. The zero-order chi connectivity index (χ0) is 17.9. The number of carbonyl (C=O) groups is 1. The summed E-state index contributed by atoms with van der Waals surface area (Å²) in [6.45, 7) is 11.9. The summed E-state index contributed by atoms with van der Waals surface area (Å²) in [5, 5.41) is 16.1. The Kier molecular flexibility index (Phi) is 5.98. The third kappa shape index (κ3) is 4.77. The van der Waals surface area contributed by atoms with E-state index in [2.05, 4.69) is 48.1 Å². The van der Waals surface area contributed by atoms with Crippen LogP contribution < -0.4 is 5.32 Å². The van der Waals surface area contributed by atoms with E-state index >= 15 is 0 Å². The van der Waals surface area contributed by atoms with Crippen LogP contribution in [0.1, 0.15) is 65.2 Å². The van der Waals surface area contributed by atoms with Gasteiger partial charge in [0.15, 0.2) is 5.82 Å². The number of aromatic nitrogens is 2. The van der Waals surface area contributed by atoms with Crippen molar-refractivity contribution < 1.29 is 14.4 Å². The lowest BCUT2D eigenvalue weighted by Crippen LogP contribution is -2.42. The Balaban J connectivity index is 1.87. The monoisotopic (exact) mass is 338 g/mol. The Hall–Kier alpha value is -1.47. The predicted molar refractivity (Wildman–Crippen MR) is 90.4 cm³/mol. The minimum absolute atomic E-state index is 0.0139. The van der Waals surface area contributed by atoms with Crippen LogP contribution in [-0.2, 0) is 10.2 Å². The Labute approximate surface area is 143 Å². The van der Waals surface area contributed by atoms with Gasteiger partial charge in [-0.25, -0.2) is 0 Å². The van der Waals surface area contributed by atoms with E-state index in [4.69, 9.17) is 4.52 Å². The first-order chi connectivity index (χ1) is 11.2. The second-order valence-electron chi connectivity index (χ2n) is 7.79. The highest BCUT2D eigenvalue weighted by Gasteiger charge is 2.31. The topological polar surface area (TPSA) is 91.5 Å². The second-order valence-corrected chi connectivity index (χ2v) is 7.79. The highest BCUT2D eigenvalue weighted by atomic mass is 16.5. The van der Waals surface area contributed by atoms with Crippen LogP contribution in [0.15, 0.2) is 4.52 Å². The molecule has 1 aliphatic rings. The van der Waals surface area contributed by atoms with Gasteiger partial charge in [0.25, 0.3) is 0 Å². The molecule has 136 valence electrons. The van der Waals surface area contributed by atoms with Crippen LogP contribution in [0.2, 0.25) is 0 Å². The quantitative estimate of drug-likeness (QED) is 0.848. The summed E-state index contributed by atoms with van der Waals surface area (Å²) in [6, 6.07) is 0.0510. The Morgan fingerprint density at radius 3 is 2.50 bits per heavy atom. The van der Waals surface area contributed by atoms with Gasteiger partial charge in [0.05, 0.1) is 12.1 Å². The van der Waals surface area contributed by atoms with Crippen molar-refractivity contribution in [1.29, 1.82) is 0 Å². The van der Waals surface area contributed by atoms with E-state index in [9.17, 15) is 9.90 Å². The number of amides is 1. The fourth-order valence-corrected chi connectivity index (χ4v) is 2.81. The van der Waals surface area contributed by atoms with E-state index in [-0.39, 0.29) is 23.3 Å². The van der Waals surface area contributed by atoms with E-state index < -0.39 is 6.10 Å². The highest BCUT2D eigenvalue weighted by Crippen LogP contribution is 2.27. The molecule has 0 bridgehead atoms. The van der Waals surface area contributed by atoms with Crippen LogP contribution in [0.4, 0.5) is 0 Å². The molecule has 1 aliphatic heterocycles. The Morgan fingerprint density at radius 2 is 2.00 bits per heavy atom. The second kappa shape index (κ2) is 7.61. The third-order valence-corrected chi connectivity index (χ3v) is 4.49. The average Bonchev–Trinajstić information content (AvgIpc) is 3.02. The number of hydrogen-bond acceptors (Lipinski definition) is 6. The van der Waals surface area contributed by atoms with Crippen LogP contribution >= 0.6 is 0 Å². The molecule has 0 saturated carbocycles. The molecular formula is C17H30N4O3. The van der Waals surface area contributed by atoms with Gasteiger partial charge in [-0.2, -0.15) is 4.98 Å². The van der Waals surface area contributed by atoms with Gasteiger partial charge in [0.2, 0.25) is 11.8 Å². The maximum Gasteiger partial charge on any atom is 0.243 e. The summed E-state index contributed by atoms with van der Waals surface area (Å²) in [4.78, 5) is 18.9. The molecule has 2 N–H and O–H groups in total. The number of nitrogens with one attached hydrogen (secondary N) is 1. The number of piperidine rings is 1. The number of likely N-dealkylation sites (tertiary alicyclic amines) is 1. The van der Waals surface area contributed by atoms with Crippen LogP contribution in [-0.4, -0.2) is 51.8 Å². The lowest BCUT2D eigenvalue weighted by molar-refractivity contribution is -0.127. The number of nitrogens with zero attached hydrogens (tertiary/aromatic N) is 3. The zero-order valence-corrected chi connectivity index (χ0v) is 15.4. The van der Waals surface area contributed by atoms with Gasteiger partial charge in [-0.3, -0.25) is 9.69 Å². The number of aliphatic hydroxyl groups is 1. The SMILES string of the molecule is C[C@H](O)CNC(=O)C1CCN([C@H](C)c2nc(C(C)(C)C)no2)CC1. The van der Waals surface area contributed by atoms with Crippen LogP contribution in [0.3, 0.4) is 0 Å². The van der Waals surface area contributed by atoms with Crippen LogP contribution in [0.5, 0.6) is 0 Å². The molecule has 0 aromatic carbocycles. The van der Waals surface area contributed by atoms with Gasteiger partial charge in [0, 0.05) is 17.9 Å². The van der Waals surface area contributed by atoms with Crippen molar-refractivity contribution in [3.8, 4) is 0 Å². The minimum Gasteiger partial charge on any atom is -0.392 e. The minimum atomic E-state index is -0.511. The summed E-state index contributed by atoms with van der Waals surface area (Å²) < 4.78 is 5.44. The highest BCUT2D eigenvalue weighted by molar-refractivity contribution is 5.78. The van der Waals surface area contributed by atoms with Crippen molar-refractivity contribution in [2.24, 2.45) is 5.92 Å². The molecule has 1 aromatic heterocycles. The molecule has 1 saturated heterocycles. The lowest BCUT2D eigenvalue weighted by Gasteiger charge is -2.34. The molecule has 2 atom stereocenters. The molecule has 2 heterocycles. The number of rotatable bonds is 5.